The second-order valence-corrected chi connectivity index (χ2v) is 3.29. The third kappa shape index (κ3) is 7.67. The molecule has 1 aliphatic rings. The van der Waals surface area contributed by atoms with Crippen LogP contribution in [0.15, 0.2) is 23.8 Å². The van der Waals surface area contributed by atoms with E-state index in [9.17, 15) is 10.2 Å². The Labute approximate surface area is 167 Å². The maximum Gasteiger partial charge on any atom is 0.0809 e. The van der Waals surface area contributed by atoms with Crippen molar-refractivity contribution < 1.29 is 108 Å². The molecule has 1 aliphatic carbocycles. The van der Waals surface area contributed by atoms with Gasteiger partial charge in [-0.1, -0.05) is 25.2 Å². The van der Waals surface area contributed by atoms with E-state index in [0.717, 1.165) is 12.0 Å². The molecule has 0 spiro atoms. The van der Waals surface area contributed by atoms with Gasteiger partial charge in [0.25, 0.3) is 0 Å². The summed E-state index contributed by atoms with van der Waals surface area (Å²) >= 11 is 0. The summed E-state index contributed by atoms with van der Waals surface area (Å²) in [6.07, 6.45) is 3.21. The molecule has 0 aromatic rings. The Morgan fingerprint density at radius 2 is 1.60 bits per heavy atom. The van der Waals surface area contributed by atoms with E-state index in [1.54, 1.807) is 0 Å². The summed E-state index contributed by atoms with van der Waals surface area (Å²) in [7, 11) is 0. The Kier molecular flexibility index (Phi) is 18.0. The van der Waals surface area contributed by atoms with E-state index >= 15 is 0 Å². The summed E-state index contributed by atoms with van der Waals surface area (Å²) in [4.78, 5) is 0. The van der Waals surface area contributed by atoms with Gasteiger partial charge in [-0.2, -0.15) is 0 Å². The van der Waals surface area contributed by atoms with Crippen molar-refractivity contribution in [3.05, 3.63) is 23.8 Å². The van der Waals surface area contributed by atoms with Crippen LogP contribution >= 0.6 is 0 Å². The van der Waals surface area contributed by atoms with Crippen LogP contribution < -0.4 is 0 Å². The zero-order chi connectivity index (χ0) is 9.14. The topological polar surface area (TPSA) is 40.5 Å². The summed E-state index contributed by atoms with van der Waals surface area (Å²) in [6, 6.07) is 0. The van der Waals surface area contributed by atoms with Crippen LogP contribution in [0.25, 0.3) is 0 Å². The number of aliphatic hydroxyl groups is 2. The molecule has 1 rings (SSSR count). The van der Waals surface area contributed by atoms with Crippen LogP contribution in [0.4, 0.5) is 0 Å². The van der Waals surface area contributed by atoms with Crippen LogP contribution in [0.1, 0.15) is 26.2 Å². The van der Waals surface area contributed by atoms with Gasteiger partial charge in [0.1, 0.15) is 0 Å². The zero-order valence-corrected chi connectivity index (χ0v) is 17.7. The molecule has 2 N–H and O–H groups in total. The molecule has 15 heavy (non-hydrogen) atoms. The number of hydrogen-bond acceptors (Lipinski definition) is 2. The van der Waals surface area contributed by atoms with E-state index in [0.29, 0.717) is 18.4 Å². The minimum absolute atomic E-state index is 0. The number of rotatable bonds is 1. The van der Waals surface area contributed by atoms with Crippen LogP contribution in [-0.2, 0) is 98.1 Å². The predicted octanol–water partition coefficient (Wildman–Crippen LogP) is 1.39. The van der Waals surface area contributed by atoms with Crippen LogP contribution in [0.5, 0.6) is 0 Å². The summed E-state index contributed by atoms with van der Waals surface area (Å²) in [6.45, 7) is 5.69. The number of aliphatic hydroxyl groups excluding tert-OH is 2. The maximum absolute atomic E-state index is 9.44. The first-order valence-corrected chi connectivity index (χ1v) is 4.37. The zero-order valence-electron chi connectivity index (χ0n) is 9.19. The Hall–Kier alpha value is 2.71. The first kappa shape index (κ1) is 22.9. The molecule has 0 aromatic carbocycles. The fraction of sp³-hybridized carbons (Fsp3) is 0.600. The molecule has 0 saturated heterocycles. The van der Waals surface area contributed by atoms with E-state index in [-0.39, 0.29) is 98.1 Å². The van der Waals surface area contributed by atoms with Crippen molar-refractivity contribution in [1.29, 1.82) is 0 Å². The molecule has 0 heterocycles. The largest absolute Gasteiger partial charge is 0.388 e. The van der Waals surface area contributed by atoms with Gasteiger partial charge in [0.05, 0.1) is 12.2 Å². The molecular weight excluding hydrogens is 419 g/mol. The summed E-state index contributed by atoms with van der Waals surface area (Å²) < 4.78 is 0. The first-order valence-electron chi connectivity index (χ1n) is 4.37. The standard InChI is InChI=1S/C10H16O2.3Y/c1-3-4-8-5-9(11)7(2)10(12)6-8;;;/h4,9-12H,2-3,5-6H2,1H3;;;/t9-,10-;;;/m1.../s1. The van der Waals surface area contributed by atoms with E-state index in [1.807, 2.05) is 0 Å². The second-order valence-electron chi connectivity index (χ2n) is 3.29. The Bertz CT molecular complexity index is 201. The van der Waals surface area contributed by atoms with Gasteiger partial charge >= 0.3 is 0 Å². The molecule has 5 heteroatoms. The molecule has 3 radical (unpaired) electrons. The molecule has 0 amide bonds. The first-order chi connectivity index (χ1) is 5.65. The van der Waals surface area contributed by atoms with E-state index in [4.69, 9.17) is 0 Å². The molecule has 2 atom stereocenters. The molecular formula is C10H16O2Y3. The SMILES string of the molecule is C=C1[C@H](O)CC(=CCC)C[C@H]1O.[Y].[Y].[Y]. The fourth-order valence-electron chi connectivity index (χ4n) is 1.52. The van der Waals surface area contributed by atoms with Gasteiger partial charge in [0.2, 0.25) is 0 Å². The molecule has 2 nitrogen and oxygen atoms in total. The van der Waals surface area contributed by atoms with Gasteiger partial charge in [0.15, 0.2) is 0 Å². The van der Waals surface area contributed by atoms with Crippen molar-refractivity contribution in [2.45, 2.75) is 38.4 Å². The minimum Gasteiger partial charge on any atom is -0.388 e. The van der Waals surface area contributed by atoms with Crippen LogP contribution in [0.2, 0.25) is 0 Å². The molecule has 0 aromatic heterocycles. The third-order valence-electron chi connectivity index (χ3n) is 2.26. The van der Waals surface area contributed by atoms with Crippen molar-refractivity contribution in [3.63, 3.8) is 0 Å². The van der Waals surface area contributed by atoms with Crippen LogP contribution in [-0.4, -0.2) is 22.4 Å². The third-order valence-corrected chi connectivity index (χ3v) is 2.26. The normalized spacial score (nSPS) is 24.5. The van der Waals surface area contributed by atoms with Gasteiger partial charge in [0, 0.05) is 98.1 Å². The van der Waals surface area contributed by atoms with Crippen molar-refractivity contribution in [2.75, 3.05) is 0 Å². The average Bonchev–Trinajstić information content (AvgIpc) is 2.01. The van der Waals surface area contributed by atoms with E-state index in [2.05, 4.69) is 19.6 Å². The van der Waals surface area contributed by atoms with Crippen LogP contribution in [0.3, 0.4) is 0 Å². The van der Waals surface area contributed by atoms with Crippen molar-refractivity contribution in [3.8, 4) is 0 Å². The average molecular weight is 435 g/mol. The molecule has 0 aliphatic heterocycles. The van der Waals surface area contributed by atoms with Crippen LogP contribution in [0, 0.1) is 0 Å². The Morgan fingerprint density at radius 3 is 1.93 bits per heavy atom. The Morgan fingerprint density at radius 1 is 1.20 bits per heavy atom. The molecule has 0 unspecified atom stereocenters. The molecule has 0 bridgehead atoms. The minimum atomic E-state index is -0.549. The van der Waals surface area contributed by atoms with Gasteiger partial charge in [-0.25, -0.2) is 0 Å². The maximum atomic E-state index is 9.44. The van der Waals surface area contributed by atoms with Crippen molar-refractivity contribution >= 4 is 0 Å². The summed E-state index contributed by atoms with van der Waals surface area (Å²) in [5.74, 6) is 0. The Balaban J connectivity index is -0.000000480. The van der Waals surface area contributed by atoms with E-state index in [1.165, 1.54) is 0 Å². The predicted molar refractivity (Wildman–Crippen MR) is 48.8 cm³/mol. The fourth-order valence-corrected chi connectivity index (χ4v) is 1.52. The summed E-state index contributed by atoms with van der Waals surface area (Å²) in [5, 5.41) is 18.9. The van der Waals surface area contributed by atoms with Gasteiger partial charge in [-0.15, -0.1) is 0 Å². The number of hydrogen-bond donors (Lipinski definition) is 2. The van der Waals surface area contributed by atoms with Gasteiger partial charge < -0.3 is 10.2 Å². The smallest absolute Gasteiger partial charge is 0.0809 e. The molecule has 77 valence electrons. The van der Waals surface area contributed by atoms with Crippen molar-refractivity contribution in [1.82, 2.24) is 0 Å². The van der Waals surface area contributed by atoms with Gasteiger partial charge in [-0.3, -0.25) is 0 Å². The van der Waals surface area contributed by atoms with E-state index < -0.39 is 12.2 Å². The molecule has 1 fully saturated rings. The quantitative estimate of drug-likeness (QED) is 0.612. The summed E-state index contributed by atoms with van der Waals surface area (Å²) in [5.41, 5.74) is 1.70. The van der Waals surface area contributed by atoms with Gasteiger partial charge in [-0.05, 0) is 24.8 Å². The monoisotopic (exact) mass is 435 g/mol. The second kappa shape index (κ2) is 11.8. The van der Waals surface area contributed by atoms with Crippen molar-refractivity contribution in [2.24, 2.45) is 0 Å². The molecule has 1 saturated carbocycles. The number of allylic oxidation sites excluding steroid dienone is 1.